The van der Waals surface area contributed by atoms with Crippen LogP contribution in [0.4, 0.5) is 0 Å². The summed E-state index contributed by atoms with van der Waals surface area (Å²) < 4.78 is 28.2. The minimum Gasteiger partial charge on any atom is -0.479 e. The number of allylic oxidation sites excluding steroid dienone is 21. The van der Waals surface area contributed by atoms with E-state index in [1.54, 1.807) is 12.2 Å². The summed E-state index contributed by atoms with van der Waals surface area (Å²) in [5, 5.41) is 31.4. The normalized spacial score (nSPS) is 19.0. The Kier molecular flexibility index (Phi) is 46.8. The van der Waals surface area contributed by atoms with E-state index in [0.717, 1.165) is 96.3 Å². The van der Waals surface area contributed by atoms with Crippen LogP contribution in [0, 0.1) is 0 Å². The zero-order valence-corrected chi connectivity index (χ0v) is 47.4. The maximum Gasteiger partial charge on any atom is 0.335 e. The van der Waals surface area contributed by atoms with E-state index in [0.29, 0.717) is 25.7 Å². The van der Waals surface area contributed by atoms with E-state index in [2.05, 4.69) is 124 Å². The molecule has 0 aromatic heterocycles. The molecule has 0 bridgehead atoms. The number of ether oxygens (including phenoxy) is 5. The molecule has 6 atom stereocenters. The van der Waals surface area contributed by atoms with Crippen molar-refractivity contribution in [3.8, 4) is 0 Å². The van der Waals surface area contributed by atoms with Crippen LogP contribution in [0.3, 0.4) is 0 Å². The first-order valence-corrected chi connectivity index (χ1v) is 29.2. The highest BCUT2D eigenvalue weighted by molar-refractivity contribution is 5.74. The predicted octanol–water partition coefficient (Wildman–Crippen LogP) is 15.0. The molecule has 77 heavy (non-hydrogen) atoms. The lowest BCUT2D eigenvalue weighted by molar-refractivity contribution is -0.301. The van der Waals surface area contributed by atoms with Gasteiger partial charge in [0.1, 0.15) is 18.8 Å². The Morgan fingerprint density at radius 3 is 1.36 bits per heavy atom. The number of aliphatic hydroxyl groups excluding tert-OH is 2. The SMILES string of the molecule is CC/C=C\C/C=C\C/C=C\C/C=C\C/C=C\CCCC(=O)OCC(COC1OC(C(=O)O)C(O)C(O)C1OC(=O)C/C=C\C/C=C\C/C=C\C/C=C\C/C=C\CC)OC(=O)CCCCCCC/C=C\CCCCCCCC. The minimum absolute atomic E-state index is 0.122. The van der Waals surface area contributed by atoms with Gasteiger partial charge in [-0.2, -0.15) is 0 Å². The second-order valence-electron chi connectivity index (χ2n) is 19.2. The van der Waals surface area contributed by atoms with E-state index in [1.165, 1.54) is 38.5 Å². The number of unbranched alkanes of at least 4 members (excludes halogenated alkanes) is 12. The van der Waals surface area contributed by atoms with E-state index < -0.39 is 67.3 Å². The van der Waals surface area contributed by atoms with Gasteiger partial charge in [0.15, 0.2) is 24.6 Å². The molecule has 0 radical (unpaired) electrons. The molecule has 0 aromatic rings. The smallest absolute Gasteiger partial charge is 0.335 e. The van der Waals surface area contributed by atoms with E-state index in [9.17, 15) is 34.5 Å². The van der Waals surface area contributed by atoms with Crippen LogP contribution in [0.5, 0.6) is 0 Å². The average molecular weight is 1070 g/mol. The molecular weight excluding hydrogens is 973 g/mol. The second-order valence-corrected chi connectivity index (χ2v) is 19.2. The Labute approximate surface area is 464 Å². The molecule has 0 saturated carbocycles. The maximum absolute atomic E-state index is 13.1. The van der Waals surface area contributed by atoms with Gasteiger partial charge < -0.3 is 39.0 Å². The van der Waals surface area contributed by atoms with Gasteiger partial charge in [-0.3, -0.25) is 14.4 Å². The van der Waals surface area contributed by atoms with Crippen LogP contribution in [-0.4, -0.2) is 89.2 Å². The number of carboxylic acid groups (broad SMARTS) is 1. The standard InChI is InChI=1S/C65H100O12/c1-4-7-10-13-16-19-22-25-28-29-32-33-36-39-42-45-48-51-57(66)73-54-56(75-58(67)52-49-46-43-40-37-34-30-26-23-20-17-14-11-8-5-2)55-74-65-63(61(70)60(69)62(77-65)64(71)72)76-59(68)53-50-47-44-41-38-35-31-27-24-21-18-15-12-9-6-3/h7,9-10,12,16,18-19,21,25-28,30-33,38-39,41-42,47,50,56,60-63,65,69-70H,4-6,8,11,13-15,17,20,22-24,29,34-37,40,43-46,48-49,51-55H2,1-3H3,(H,71,72)/b10-7-,12-9-,19-16-,21-18-,28-25-,30-26-,31-27-,33-32-,41-38-,42-39-,50-47-. The van der Waals surface area contributed by atoms with Gasteiger partial charge in [-0.1, -0.05) is 206 Å². The van der Waals surface area contributed by atoms with Gasteiger partial charge in [-0.15, -0.1) is 0 Å². The summed E-state index contributed by atoms with van der Waals surface area (Å²) in [5.41, 5.74) is 0. The van der Waals surface area contributed by atoms with Gasteiger partial charge in [0.25, 0.3) is 0 Å². The van der Waals surface area contributed by atoms with E-state index in [4.69, 9.17) is 23.7 Å². The van der Waals surface area contributed by atoms with Gasteiger partial charge >= 0.3 is 23.9 Å². The number of carbonyl (C=O) groups is 4. The maximum atomic E-state index is 13.1. The number of hydrogen-bond acceptors (Lipinski definition) is 11. The molecule has 1 fully saturated rings. The van der Waals surface area contributed by atoms with Gasteiger partial charge in [0.05, 0.1) is 13.0 Å². The summed E-state index contributed by atoms with van der Waals surface area (Å²) in [4.78, 5) is 51.0. The molecule has 0 aromatic carbocycles. The Morgan fingerprint density at radius 1 is 0.455 bits per heavy atom. The highest BCUT2D eigenvalue weighted by Gasteiger charge is 2.50. The topological polar surface area (TPSA) is 175 Å². The molecular formula is C65H100O12. The lowest BCUT2D eigenvalue weighted by Crippen LogP contribution is -2.61. The molecule has 432 valence electrons. The van der Waals surface area contributed by atoms with Crippen molar-refractivity contribution in [3.63, 3.8) is 0 Å². The Hall–Kier alpha value is -5.14. The van der Waals surface area contributed by atoms with Crippen molar-refractivity contribution in [2.24, 2.45) is 0 Å². The summed E-state index contributed by atoms with van der Waals surface area (Å²) in [6, 6.07) is 0. The molecule has 12 heteroatoms. The summed E-state index contributed by atoms with van der Waals surface area (Å²) in [7, 11) is 0. The average Bonchev–Trinajstić information content (AvgIpc) is 3.42. The third-order valence-corrected chi connectivity index (χ3v) is 12.2. The molecule has 6 unspecified atom stereocenters. The first kappa shape index (κ1) is 69.9. The third-order valence-electron chi connectivity index (χ3n) is 12.2. The molecule has 0 amide bonds. The largest absolute Gasteiger partial charge is 0.479 e. The molecule has 0 spiro atoms. The highest BCUT2D eigenvalue weighted by atomic mass is 16.7. The van der Waals surface area contributed by atoms with E-state index in [-0.39, 0.29) is 25.9 Å². The summed E-state index contributed by atoms with van der Waals surface area (Å²) in [6.45, 7) is 5.64. The van der Waals surface area contributed by atoms with Crippen LogP contribution < -0.4 is 0 Å². The van der Waals surface area contributed by atoms with Crippen LogP contribution >= 0.6 is 0 Å². The number of carbonyl (C=O) groups excluding carboxylic acids is 3. The van der Waals surface area contributed by atoms with Crippen molar-refractivity contribution >= 4 is 23.9 Å². The Bertz CT molecular complexity index is 1850. The van der Waals surface area contributed by atoms with Crippen molar-refractivity contribution in [1.29, 1.82) is 0 Å². The second kappa shape index (κ2) is 51.6. The minimum atomic E-state index is -1.95. The number of esters is 3. The van der Waals surface area contributed by atoms with Gasteiger partial charge in [-0.05, 0) is 109 Å². The first-order chi connectivity index (χ1) is 37.6. The lowest BCUT2D eigenvalue weighted by Gasteiger charge is -2.40. The van der Waals surface area contributed by atoms with Crippen molar-refractivity contribution in [2.75, 3.05) is 13.2 Å². The fourth-order valence-corrected chi connectivity index (χ4v) is 7.82. The van der Waals surface area contributed by atoms with Crippen molar-refractivity contribution in [1.82, 2.24) is 0 Å². The van der Waals surface area contributed by atoms with Crippen molar-refractivity contribution in [2.45, 2.75) is 237 Å². The predicted molar refractivity (Wildman–Crippen MR) is 312 cm³/mol. The van der Waals surface area contributed by atoms with E-state index in [1.807, 2.05) is 18.2 Å². The van der Waals surface area contributed by atoms with E-state index >= 15 is 0 Å². The monoisotopic (exact) mass is 1070 g/mol. The number of carboxylic acids is 1. The number of rotatable bonds is 47. The van der Waals surface area contributed by atoms with Crippen LogP contribution in [0.1, 0.15) is 201 Å². The molecule has 1 aliphatic heterocycles. The van der Waals surface area contributed by atoms with Gasteiger partial charge in [-0.25, -0.2) is 4.79 Å². The fourth-order valence-electron chi connectivity index (χ4n) is 7.82. The van der Waals surface area contributed by atoms with Crippen LogP contribution in [-0.2, 0) is 42.9 Å². The quantitative estimate of drug-likeness (QED) is 0.0228. The Balaban J connectivity index is 2.80. The highest BCUT2D eigenvalue weighted by Crippen LogP contribution is 2.26. The summed E-state index contributed by atoms with van der Waals surface area (Å²) in [6.07, 6.45) is 60.3. The van der Waals surface area contributed by atoms with Crippen LogP contribution in [0.25, 0.3) is 0 Å². The zero-order valence-electron chi connectivity index (χ0n) is 47.4. The number of aliphatic carboxylic acids is 1. The molecule has 1 heterocycles. The molecule has 1 aliphatic rings. The van der Waals surface area contributed by atoms with Crippen LogP contribution in [0.2, 0.25) is 0 Å². The number of aliphatic hydroxyl groups is 2. The molecule has 12 nitrogen and oxygen atoms in total. The number of hydrogen-bond donors (Lipinski definition) is 3. The fraction of sp³-hybridized carbons (Fsp3) is 0.600. The molecule has 0 aliphatic carbocycles. The summed E-state index contributed by atoms with van der Waals surface area (Å²) >= 11 is 0. The van der Waals surface area contributed by atoms with Crippen molar-refractivity contribution < 1.29 is 58.2 Å². The van der Waals surface area contributed by atoms with Crippen molar-refractivity contribution in [3.05, 3.63) is 134 Å². The van der Waals surface area contributed by atoms with Gasteiger partial charge in [0.2, 0.25) is 0 Å². The summed E-state index contributed by atoms with van der Waals surface area (Å²) in [5.74, 6) is -3.39. The van der Waals surface area contributed by atoms with Gasteiger partial charge in [0, 0.05) is 12.8 Å². The lowest BCUT2D eigenvalue weighted by atomic mass is 9.98. The molecule has 1 rings (SSSR count). The first-order valence-electron chi connectivity index (χ1n) is 29.2. The van der Waals surface area contributed by atoms with Crippen LogP contribution in [0.15, 0.2) is 134 Å². The zero-order chi connectivity index (χ0) is 56.1. The Morgan fingerprint density at radius 2 is 0.870 bits per heavy atom. The third kappa shape index (κ3) is 41.6. The molecule has 3 N–H and O–H groups in total. The molecule has 1 saturated heterocycles.